The first-order chi connectivity index (χ1) is 19.9. The maximum Gasteiger partial charge on any atom is 0.408 e. The van der Waals surface area contributed by atoms with E-state index in [1.807, 2.05) is 94.4 Å². The van der Waals surface area contributed by atoms with E-state index in [4.69, 9.17) is 4.74 Å². The molecule has 0 aromatic heterocycles. The number of rotatable bonds is 9. The molecule has 1 aliphatic carbocycles. The van der Waals surface area contributed by atoms with E-state index in [9.17, 15) is 14.4 Å². The molecule has 1 fully saturated rings. The van der Waals surface area contributed by atoms with Crippen molar-refractivity contribution in [1.82, 2.24) is 10.2 Å². The second-order valence-corrected chi connectivity index (χ2v) is 12.3. The Morgan fingerprint density at radius 2 is 1.38 bits per heavy atom. The fourth-order valence-corrected chi connectivity index (χ4v) is 5.41. The topological polar surface area (TPSA) is 87.7 Å². The van der Waals surface area contributed by atoms with Crippen LogP contribution in [0.3, 0.4) is 0 Å². The van der Waals surface area contributed by atoms with Gasteiger partial charge in [-0.15, -0.1) is 0 Å². The molecule has 7 nitrogen and oxygen atoms in total. The van der Waals surface area contributed by atoms with Gasteiger partial charge in [-0.25, -0.2) is 4.79 Å². The standard InChI is InChI=1S/C35H43N3O4/c1-22-13-11-14-23(2)29(22)31(32(39)37-30-24(3)15-12-16-25(30)4)38(27-19-20-27)33(40)28(21-26-17-9-8-10-18-26)36-34(41)42-35(5,6)7/h8-18,27-28,31H,19-21H2,1-7H3,(H,36,41)(H,37,39). The van der Waals surface area contributed by atoms with Gasteiger partial charge in [0.25, 0.3) is 5.91 Å². The summed E-state index contributed by atoms with van der Waals surface area (Å²) in [4.78, 5) is 43.7. The summed E-state index contributed by atoms with van der Waals surface area (Å²) in [5, 5.41) is 6.01. The summed E-state index contributed by atoms with van der Waals surface area (Å²) in [5.41, 5.74) is 5.46. The number of carbonyl (C=O) groups is 3. The van der Waals surface area contributed by atoms with Crippen molar-refractivity contribution in [2.24, 2.45) is 0 Å². The second kappa shape index (κ2) is 12.8. The molecule has 1 saturated carbocycles. The molecule has 0 radical (unpaired) electrons. The first-order valence-electron chi connectivity index (χ1n) is 14.6. The molecular formula is C35H43N3O4. The number of nitrogens with zero attached hydrogens (tertiary/aromatic N) is 1. The van der Waals surface area contributed by atoms with E-state index in [0.29, 0.717) is 0 Å². The Hall–Kier alpha value is -4.13. The Labute approximate surface area is 249 Å². The summed E-state index contributed by atoms with van der Waals surface area (Å²) >= 11 is 0. The fraction of sp³-hybridized carbons (Fsp3) is 0.400. The molecule has 2 unspecified atom stereocenters. The lowest BCUT2D eigenvalue weighted by atomic mass is 9.92. The van der Waals surface area contributed by atoms with Crippen LogP contribution in [-0.4, -0.2) is 40.5 Å². The molecule has 3 aromatic rings. The van der Waals surface area contributed by atoms with E-state index >= 15 is 0 Å². The highest BCUT2D eigenvalue weighted by atomic mass is 16.6. The molecule has 7 heteroatoms. The summed E-state index contributed by atoms with van der Waals surface area (Å²) in [5.74, 6) is -0.586. The third-order valence-electron chi connectivity index (χ3n) is 7.54. The number of hydrogen-bond donors (Lipinski definition) is 2. The number of hydrogen-bond acceptors (Lipinski definition) is 4. The zero-order chi connectivity index (χ0) is 30.6. The van der Waals surface area contributed by atoms with Crippen LogP contribution in [0.15, 0.2) is 66.7 Å². The number of carbonyl (C=O) groups excluding carboxylic acids is 3. The van der Waals surface area contributed by atoms with E-state index in [1.54, 1.807) is 25.7 Å². The SMILES string of the molecule is Cc1cccc(C)c1NC(=O)C(c1c(C)cccc1C)N(C(=O)C(Cc1ccccc1)NC(=O)OC(C)(C)C)C1CC1. The van der Waals surface area contributed by atoms with Crippen LogP contribution in [-0.2, 0) is 20.7 Å². The molecule has 0 bridgehead atoms. The van der Waals surface area contributed by atoms with Gasteiger partial charge >= 0.3 is 6.09 Å². The quantitative estimate of drug-likeness (QED) is 0.299. The predicted octanol–water partition coefficient (Wildman–Crippen LogP) is 6.73. The highest BCUT2D eigenvalue weighted by Gasteiger charge is 2.45. The average Bonchev–Trinajstić information content (AvgIpc) is 3.74. The van der Waals surface area contributed by atoms with E-state index in [0.717, 1.165) is 51.9 Å². The van der Waals surface area contributed by atoms with Gasteiger partial charge in [-0.3, -0.25) is 9.59 Å². The van der Waals surface area contributed by atoms with Crippen LogP contribution < -0.4 is 10.6 Å². The van der Waals surface area contributed by atoms with Crippen molar-refractivity contribution in [3.63, 3.8) is 0 Å². The largest absolute Gasteiger partial charge is 0.444 e. The number of ether oxygens (including phenoxy) is 1. The Bertz CT molecular complexity index is 1400. The van der Waals surface area contributed by atoms with Crippen LogP contribution in [0.4, 0.5) is 10.5 Å². The number of para-hydroxylation sites is 1. The summed E-state index contributed by atoms with van der Waals surface area (Å²) < 4.78 is 5.55. The molecular weight excluding hydrogens is 526 g/mol. The van der Waals surface area contributed by atoms with Crippen LogP contribution in [0.2, 0.25) is 0 Å². The van der Waals surface area contributed by atoms with Gasteiger partial charge in [0.15, 0.2) is 0 Å². The van der Waals surface area contributed by atoms with Crippen molar-refractivity contribution >= 4 is 23.6 Å². The van der Waals surface area contributed by atoms with Crippen LogP contribution in [0.1, 0.15) is 73.0 Å². The van der Waals surface area contributed by atoms with E-state index in [2.05, 4.69) is 10.6 Å². The van der Waals surface area contributed by atoms with E-state index in [1.165, 1.54) is 0 Å². The van der Waals surface area contributed by atoms with Crippen molar-refractivity contribution < 1.29 is 19.1 Å². The maximum absolute atomic E-state index is 14.6. The van der Waals surface area contributed by atoms with Crippen LogP contribution >= 0.6 is 0 Å². The van der Waals surface area contributed by atoms with Gasteiger partial charge in [0, 0.05) is 18.2 Å². The Kier molecular flexibility index (Phi) is 9.40. The van der Waals surface area contributed by atoms with Crippen molar-refractivity contribution in [3.05, 3.63) is 100 Å². The number of anilines is 1. The lowest BCUT2D eigenvalue weighted by molar-refractivity contribution is -0.141. The molecule has 0 heterocycles. The predicted molar refractivity (Wildman–Crippen MR) is 166 cm³/mol. The van der Waals surface area contributed by atoms with Gasteiger partial charge in [-0.1, -0.05) is 66.7 Å². The van der Waals surface area contributed by atoms with Gasteiger partial charge in [-0.2, -0.15) is 0 Å². The van der Waals surface area contributed by atoms with E-state index in [-0.39, 0.29) is 24.3 Å². The summed E-state index contributed by atoms with van der Waals surface area (Å²) in [7, 11) is 0. The molecule has 2 N–H and O–H groups in total. The molecule has 1 aliphatic rings. The number of aryl methyl sites for hydroxylation is 4. The monoisotopic (exact) mass is 569 g/mol. The smallest absolute Gasteiger partial charge is 0.408 e. The molecule has 2 atom stereocenters. The molecule has 0 aliphatic heterocycles. The Morgan fingerprint density at radius 1 is 0.833 bits per heavy atom. The Morgan fingerprint density at radius 3 is 1.90 bits per heavy atom. The lowest BCUT2D eigenvalue weighted by Crippen LogP contribution is -2.54. The molecule has 0 saturated heterocycles. The lowest BCUT2D eigenvalue weighted by Gasteiger charge is -2.36. The number of nitrogens with one attached hydrogen (secondary N) is 2. The van der Waals surface area contributed by atoms with Gasteiger partial charge in [0.2, 0.25) is 5.91 Å². The first-order valence-corrected chi connectivity index (χ1v) is 14.6. The minimum absolute atomic E-state index is 0.121. The molecule has 42 heavy (non-hydrogen) atoms. The first kappa shape index (κ1) is 30.8. The van der Waals surface area contributed by atoms with Crippen molar-refractivity contribution in [3.8, 4) is 0 Å². The van der Waals surface area contributed by atoms with Gasteiger partial charge in [-0.05, 0) is 94.7 Å². The highest BCUT2D eigenvalue weighted by Crippen LogP contribution is 2.38. The third kappa shape index (κ3) is 7.58. The fourth-order valence-electron chi connectivity index (χ4n) is 5.41. The number of amides is 3. The summed E-state index contributed by atoms with van der Waals surface area (Å²) in [6.45, 7) is 13.2. The molecule has 4 rings (SSSR count). The van der Waals surface area contributed by atoms with Crippen LogP contribution in [0.5, 0.6) is 0 Å². The molecule has 0 spiro atoms. The number of alkyl carbamates (subject to hydrolysis) is 1. The molecule has 3 aromatic carbocycles. The molecule has 3 amide bonds. The number of benzene rings is 3. The summed E-state index contributed by atoms with van der Waals surface area (Å²) in [6, 6.07) is 19.4. The normalized spacial score (nSPS) is 14.5. The second-order valence-electron chi connectivity index (χ2n) is 12.3. The molecule has 222 valence electrons. The highest BCUT2D eigenvalue weighted by molar-refractivity contribution is 6.00. The van der Waals surface area contributed by atoms with Crippen molar-refractivity contribution in [2.45, 2.75) is 91.5 Å². The minimum Gasteiger partial charge on any atom is -0.444 e. The zero-order valence-electron chi connectivity index (χ0n) is 25.8. The third-order valence-corrected chi connectivity index (χ3v) is 7.54. The van der Waals surface area contributed by atoms with Gasteiger partial charge in [0.1, 0.15) is 17.7 Å². The van der Waals surface area contributed by atoms with Crippen molar-refractivity contribution in [1.29, 1.82) is 0 Å². The minimum atomic E-state index is -0.928. The Balaban J connectivity index is 1.78. The summed E-state index contributed by atoms with van der Waals surface area (Å²) in [6.07, 6.45) is 1.17. The van der Waals surface area contributed by atoms with Gasteiger partial charge < -0.3 is 20.3 Å². The van der Waals surface area contributed by atoms with E-state index < -0.39 is 23.8 Å². The average molecular weight is 570 g/mol. The van der Waals surface area contributed by atoms with Crippen LogP contribution in [0.25, 0.3) is 0 Å². The van der Waals surface area contributed by atoms with Gasteiger partial charge in [0.05, 0.1) is 0 Å². The maximum atomic E-state index is 14.6. The van der Waals surface area contributed by atoms with Crippen LogP contribution in [0, 0.1) is 27.7 Å². The van der Waals surface area contributed by atoms with Crippen molar-refractivity contribution in [2.75, 3.05) is 5.32 Å². The zero-order valence-corrected chi connectivity index (χ0v) is 25.8.